The van der Waals surface area contributed by atoms with Gasteiger partial charge in [-0.05, 0) is 12.5 Å². The van der Waals surface area contributed by atoms with Gasteiger partial charge in [0.2, 0.25) is 0 Å². The predicted octanol–water partition coefficient (Wildman–Crippen LogP) is 0.930. The topological polar surface area (TPSA) is 109 Å². The minimum atomic E-state index is -1.32. The molecule has 0 saturated heterocycles. The standard InChI is InChI=1S/C17H25NO7/c1-2-24-17(21)18(22)13-10-14(16(20)15(13)19)25-9-8-23-11-12-6-4-3-5-7-12/h3-7,13-16,19-20,22H,2,8-11H2,1H3/t13-,14+,15+,16-/m1/s1. The van der Waals surface area contributed by atoms with Gasteiger partial charge in [0.25, 0.3) is 0 Å². The molecule has 1 fully saturated rings. The van der Waals surface area contributed by atoms with E-state index < -0.39 is 30.4 Å². The lowest BCUT2D eigenvalue weighted by molar-refractivity contribution is -0.133. The fourth-order valence-electron chi connectivity index (χ4n) is 2.72. The summed E-state index contributed by atoms with van der Waals surface area (Å²) in [6, 6.07) is 8.70. The monoisotopic (exact) mass is 355 g/mol. The van der Waals surface area contributed by atoms with Crippen molar-refractivity contribution in [3.8, 4) is 0 Å². The van der Waals surface area contributed by atoms with Crippen LogP contribution in [-0.4, -0.2) is 70.8 Å². The Labute approximate surface area is 146 Å². The molecular weight excluding hydrogens is 330 g/mol. The summed E-state index contributed by atoms with van der Waals surface area (Å²) < 4.78 is 15.7. The molecule has 1 aliphatic carbocycles. The Hall–Kier alpha value is -1.71. The summed E-state index contributed by atoms with van der Waals surface area (Å²) in [5.74, 6) is 0. The summed E-state index contributed by atoms with van der Waals surface area (Å²) in [6.45, 7) is 2.70. The molecule has 1 aromatic carbocycles. The number of amides is 1. The number of aliphatic hydroxyl groups excluding tert-OH is 2. The number of rotatable bonds is 8. The molecule has 0 aliphatic heterocycles. The maximum atomic E-state index is 11.5. The van der Waals surface area contributed by atoms with Gasteiger partial charge in [-0.15, -0.1) is 0 Å². The van der Waals surface area contributed by atoms with E-state index in [1.54, 1.807) is 6.92 Å². The van der Waals surface area contributed by atoms with Crippen molar-refractivity contribution in [1.82, 2.24) is 5.06 Å². The van der Waals surface area contributed by atoms with Crippen LogP contribution in [0.4, 0.5) is 4.79 Å². The summed E-state index contributed by atoms with van der Waals surface area (Å²) in [5, 5.41) is 30.1. The quantitative estimate of drug-likeness (QED) is 0.362. The molecule has 3 N–H and O–H groups in total. The van der Waals surface area contributed by atoms with Crippen LogP contribution < -0.4 is 0 Å². The van der Waals surface area contributed by atoms with Crippen LogP contribution in [0.5, 0.6) is 0 Å². The first-order chi connectivity index (χ1) is 12.0. The molecule has 1 amide bonds. The van der Waals surface area contributed by atoms with E-state index in [2.05, 4.69) is 4.74 Å². The number of benzene rings is 1. The van der Waals surface area contributed by atoms with Gasteiger partial charge in [0.05, 0.1) is 38.6 Å². The number of aliphatic hydroxyl groups is 2. The molecule has 8 heteroatoms. The first-order valence-electron chi connectivity index (χ1n) is 8.28. The van der Waals surface area contributed by atoms with Gasteiger partial charge in [0, 0.05) is 6.42 Å². The molecule has 0 spiro atoms. The Morgan fingerprint density at radius 2 is 1.92 bits per heavy atom. The summed E-state index contributed by atoms with van der Waals surface area (Å²) >= 11 is 0. The van der Waals surface area contributed by atoms with Crippen LogP contribution in [0.25, 0.3) is 0 Å². The number of hydrogen-bond donors (Lipinski definition) is 3. The molecular formula is C17H25NO7. The van der Waals surface area contributed by atoms with E-state index in [-0.39, 0.29) is 19.6 Å². The van der Waals surface area contributed by atoms with Crippen molar-refractivity contribution in [1.29, 1.82) is 0 Å². The third-order valence-electron chi connectivity index (χ3n) is 4.04. The summed E-state index contributed by atoms with van der Waals surface area (Å²) in [4.78, 5) is 11.5. The van der Waals surface area contributed by atoms with E-state index in [1.807, 2.05) is 30.3 Å². The number of carbonyl (C=O) groups is 1. The zero-order valence-corrected chi connectivity index (χ0v) is 14.2. The van der Waals surface area contributed by atoms with Crippen molar-refractivity contribution in [3.05, 3.63) is 35.9 Å². The Kier molecular flexibility index (Phi) is 7.60. The van der Waals surface area contributed by atoms with Crippen LogP contribution in [-0.2, 0) is 20.8 Å². The zero-order valence-electron chi connectivity index (χ0n) is 14.2. The fourth-order valence-corrected chi connectivity index (χ4v) is 2.72. The number of hydroxylamine groups is 2. The van der Waals surface area contributed by atoms with Crippen LogP contribution in [0, 0.1) is 0 Å². The number of carbonyl (C=O) groups excluding carboxylic acids is 1. The molecule has 1 aliphatic rings. The second-order valence-electron chi connectivity index (χ2n) is 5.78. The van der Waals surface area contributed by atoms with Gasteiger partial charge in [-0.3, -0.25) is 5.21 Å². The lowest BCUT2D eigenvalue weighted by Gasteiger charge is -2.23. The van der Waals surface area contributed by atoms with Gasteiger partial charge in [-0.25, -0.2) is 4.79 Å². The second-order valence-corrected chi connectivity index (χ2v) is 5.78. The highest BCUT2D eigenvalue weighted by molar-refractivity contribution is 5.66. The molecule has 0 unspecified atom stereocenters. The molecule has 140 valence electrons. The van der Waals surface area contributed by atoms with E-state index in [0.29, 0.717) is 18.3 Å². The zero-order chi connectivity index (χ0) is 18.2. The minimum absolute atomic E-state index is 0.0936. The van der Waals surface area contributed by atoms with Gasteiger partial charge in [0.15, 0.2) is 0 Å². The molecule has 1 aromatic rings. The van der Waals surface area contributed by atoms with Gasteiger partial charge in [-0.2, -0.15) is 5.06 Å². The largest absolute Gasteiger partial charge is 0.448 e. The Bertz CT molecular complexity index is 527. The highest BCUT2D eigenvalue weighted by Crippen LogP contribution is 2.27. The maximum Gasteiger partial charge on any atom is 0.434 e. The average molecular weight is 355 g/mol. The Morgan fingerprint density at radius 3 is 2.60 bits per heavy atom. The number of hydrogen-bond acceptors (Lipinski definition) is 7. The normalized spacial score (nSPS) is 25.8. The Balaban J connectivity index is 1.72. The van der Waals surface area contributed by atoms with E-state index in [1.165, 1.54) is 0 Å². The predicted molar refractivity (Wildman–Crippen MR) is 86.9 cm³/mol. The van der Waals surface area contributed by atoms with Gasteiger partial charge in [-0.1, -0.05) is 30.3 Å². The number of nitrogens with zero attached hydrogens (tertiary/aromatic N) is 1. The fraction of sp³-hybridized carbons (Fsp3) is 0.588. The lowest BCUT2D eigenvalue weighted by Crippen LogP contribution is -2.45. The highest BCUT2D eigenvalue weighted by Gasteiger charge is 2.46. The van der Waals surface area contributed by atoms with E-state index in [9.17, 15) is 20.2 Å². The van der Waals surface area contributed by atoms with Crippen molar-refractivity contribution in [2.75, 3.05) is 19.8 Å². The molecule has 0 heterocycles. The molecule has 1 saturated carbocycles. The maximum absolute atomic E-state index is 11.5. The molecule has 25 heavy (non-hydrogen) atoms. The first kappa shape index (κ1) is 19.6. The Morgan fingerprint density at radius 1 is 1.20 bits per heavy atom. The minimum Gasteiger partial charge on any atom is -0.448 e. The molecule has 2 rings (SSSR count). The van der Waals surface area contributed by atoms with Crippen LogP contribution in [0.3, 0.4) is 0 Å². The molecule has 0 radical (unpaired) electrons. The third-order valence-corrected chi connectivity index (χ3v) is 4.04. The van der Waals surface area contributed by atoms with Crippen LogP contribution >= 0.6 is 0 Å². The van der Waals surface area contributed by atoms with Crippen molar-refractivity contribution in [2.24, 2.45) is 0 Å². The van der Waals surface area contributed by atoms with Crippen molar-refractivity contribution in [3.63, 3.8) is 0 Å². The summed E-state index contributed by atoms with van der Waals surface area (Å²) in [7, 11) is 0. The van der Waals surface area contributed by atoms with Gasteiger partial charge < -0.3 is 24.4 Å². The smallest absolute Gasteiger partial charge is 0.434 e. The molecule has 8 nitrogen and oxygen atoms in total. The van der Waals surface area contributed by atoms with Crippen LogP contribution in [0.2, 0.25) is 0 Å². The summed E-state index contributed by atoms with van der Waals surface area (Å²) in [5.41, 5.74) is 1.05. The second kappa shape index (κ2) is 9.69. The molecule has 0 bridgehead atoms. The first-order valence-corrected chi connectivity index (χ1v) is 8.28. The van der Waals surface area contributed by atoms with Crippen molar-refractivity contribution in [2.45, 2.75) is 44.3 Å². The van der Waals surface area contributed by atoms with E-state index in [0.717, 1.165) is 5.56 Å². The molecule has 0 aromatic heterocycles. The van der Waals surface area contributed by atoms with E-state index >= 15 is 0 Å². The third kappa shape index (κ3) is 5.38. The van der Waals surface area contributed by atoms with Crippen LogP contribution in [0.15, 0.2) is 30.3 Å². The SMILES string of the molecule is CCOC(=O)N(O)[C@@H]1C[C@H](OCCOCc2ccccc2)[C@@H](O)[C@H]1O. The van der Waals surface area contributed by atoms with Crippen LogP contribution in [0.1, 0.15) is 18.9 Å². The lowest BCUT2D eigenvalue weighted by atomic mass is 10.2. The van der Waals surface area contributed by atoms with Gasteiger partial charge in [0.1, 0.15) is 12.2 Å². The van der Waals surface area contributed by atoms with E-state index in [4.69, 9.17) is 9.47 Å². The average Bonchev–Trinajstić information content (AvgIpc) is 2.90. The number of ether oxygens (including phenoxy) is 3. The van der Waals surface area contributed by atoms with Gasteiger partial charge >= 0.3 is 6.09 Å². The van der Waals surface area contributed by atoms with Crippen molar-refractivity contribution < 1.29 is 34.4 Å². The highest BCUT2D eigenvalue weighted by atomic mass is 16.6. The summed E-state index contributed by atoms with van der Waals surface area (Å²) in [6.07, 6.45) is -4.10. The molecule has 4 atom stereocenters. The van der Waals surface area contributed by atoms with Crippen molar-refractivity contribution >= 4 is 6.09 Å².